The zero-order valence-electron chi connectivity index (χ0n) is 27.6. The first-order valence-corrected chi connectivity index (χ1v) is 19.6. The smallest absolute Gasteiger partial charge is 0.0321 e. The van der Waals surface area contributed by atoms with Crippen molar-refractivity contribution in [3.8, 4) is 35.8 Å². The number of hydrogen-bond acceptors (Lipinski definition) is 0. The standard InChI is InChI=1S/C48H34P2/c1-3-35-19-17-29-43-41(35)31-33-45(49(37-21-9-5-10-22-37)38-23-11-6-12-24-38)47(43)48-44-30-18-20-36(4-2)42(44)32-34-46(48)50(39-25-13-7-14-26-39)40-27-15-8-16-28-40/h1-2,5-17,19-29,31-34H,18,30H2. The van der Waals surface area contributed by atoms with Crippen molar-refractivity contribution in [2.24, 2.45) is 0 Å². The minimum atomic E-state index is -0.945. The number of allylic oxidation sites excluding steroid dienone is 2. The Morgan fingerprint density at radius 2 is 0.940 bits per heavy atom. The van der Waals surface area contributed by atoms with Crippen LogP contribution in [0.2, 0.25) is 0 Å². The zero-order chi connectivity index (χ0) is 33.9. The van der Waals surface area contributed by atoms with E-state index in [1.165, 1.54) is 53.9 Å². The van der Waals surface area contributed by atoms with Crippen LogP contribution in [0, 0.1) is 24.7 Å². The number of terminal acetylenes is 2. The van der Waals surface area contributed by atoms with Crippen LogP contribution >= 0.6 is 15.8 Å². The Labute approximate surface area is 298 Å². The van der Waals surface area contributed by atoms with Crippen LogP contribution in [-0.2, 0) is 6.42 Å². The van der Waals surface area contributed by atoms with Gasteiger partial charge in [0, 0.05) is 11.1 Å². The summed E-state index contributed by atoms with van der Waals surface area (Å²) in [4.78, 5) is 0. The Bertz CT molecular complexity index is 2350. The molecule has 50 heavy (non-hydrogen) atoms. The minimum Gasteiger partial charge on any atom is -0.115 e. The van der Waals surface area contributed by atoms with Gasteiger partial charge in [-0.05, 0) is 99.6 Å². The van der Waals surface area contributed by atoms with E-state index < -0.39 is 15.8 Å². The molecular weight excluding hydrogens is 638 g/mol. The molecule has 1 aliphatic carbocycles. The van der Waals surface area contributed by atoms with E-state index in [2.05, 4.69) is 182 Å². The molecule has 2 heteroatoms. The number of fused-ring (bicyclic) bond motifs is 2. The molecule has 0 spiro atoms. The SMILES string of the molecule is C#CC1=CCCc2c1ccc(P(c1ccccc1)c1ccccc1)c2-c1c(P(c2ccccc2)c2ccccc2)ccc2c(C#C)cccc12. The third-order valence-corrected chi connectivity index (χ3v) is 14.4. The van der Waals surface area contributed by atoms with Crippen LogP contribution in [0.3, 0.4) is 0 Å². The Balaban J connectivity index is 1.56. The molecule has 0 fully saturated rings. The monoisotopic (exact) mass is 672 g/mol. The molecule has 0 aliphatic heterocycles. The predicted octanol–water partition coefficient (Wildman–Crippen LogP) is 8.97. The van der Waals surface area contributed by atoms with Gasteiger partial charge in [0.1, 0.15) is 0 Å². The maximum absolute atomic E-state index is 6.21. The second-order valence-corrected chi connectivity index (χ2v) is 16.7. The zero-order valence-corrected chi connectivity index (χ0v) is 29.4. The first kappa shape index (κ1) is 31.8. The predicted molar refractivity (Wildman–Crippen MR) is 220 cm³/mol. The van der Waals surface area contributed by atoms with Gasteiger partial charge in [0.2, 0.25) is 0 Å². The van der Waals surface area contributed by atoms with E-state index in [0.717, 1.165) is 34.9 Å². The number of hydrogen-bond donors (Lipinski definition) is 0. The Kier molecular flexibility index (Phi) is 9.00. The van der Waals surface area contributed by atoms with E-state index in [4.69, 9.17) is 12.8 Å². The van der Waals surface area contributed by atoms with Gasteiger partial charge < -0.3 is 0 Å². The number of rotatable bonds is 7. The molecular formula is C48H34P2. The van der Waals surface area contributed by atoms with Gasteiger partial charge in [-0.25, -0.2) is 0 Å². The van der Waals surface area contributed by atoms with Gasteiger partial charge in [-0.3, -0.25) is 0 Å². The van der Waals surface area contributed by atoms with Crippen LogP contribution in [-0.4, -0.2) is 0 Å². The molecule has 7 aromatic carbocycles. The van der Waals surface area contributed by atoms with Gasteiger partial charge >= 0.3 is 0 Å². The minimum absolute atomic E-state index is 0.902. The van der Waals surface area contributed by atoms with Crippen LogP contribution in [0.1, 0.15) is 23.1 Å². The van der Waals surface area contributed by atoms with E-state index in [-0.39, 0.29) is 0 Å². The van der Waals surface area contributed by atoms with Crippen molar-refractivity contribution in [3.05, 3.63) is 187 Å². The Morgan fingerprint density at radius 3 is 1.44 bits per heavy atom. The highest BCUT2D eigenvalue weighted by Gasteiger charge is 2.30. The summed E-state index contributed by atoms with van der Waals surface area (Å²) in [6.45, 7) is 0. The van der Waals surface area contributed by atoms with Gasteiger partial charge in [0.25, 0.3) is 0 Å². The maximum Gasteiger partial charge on any atom is 0.0321 e. The highest BCUT2D eigenvalue weighted by atomic mass is 31.1. The van der Waals surface area contributed by atoms with Crippen molar-refractivity contribution in [1.82, 2.24) is 0 Å². The molecule has 236 valence electrons. The topological polar surface area (TPSA) is 0 Å². The average molecular weight is 673 g/mol. The summed E-state index contributed by atoms with van der Waals surface area (Å²) in [5.74, 6) is 6.04. The summed E-state index contributed by atoms with van der Waals surface area (Å²) >= 11 is 0. The number of benzene rings is 7. The van der Waals surface area contributed by atoms with Crippen molar-refractivity contribution in [1.29, 1.82) is 0 Å². The summed E-state index contributed by atoms with van der Waals surface area (Å²) in [5.41, 5.74) is 6.94. The summed E-state index contributed by atoms with van der Waals surface area (Å²) < 4.78 is 0. The normalized spacial score (nSPS) is 12.3. The molecule has 0 heterocycles. The van der Waals surface area contributed by atoms with Crippen LogP contribution in [0.25, 0.3) is 27.5 Å². The van der Waals surface area contributed by atoms with E-state index in [1.807, 2.05) is 0 Å². The molecule has 7 aromatic rings. The Hall–Kier alpha value is -5.48. The summed E-state index contributed by atoms with van der Waals surface area (Å²) in [6, 6.07) is 59.7. The molecule has 0 atom stereocenters. The maximum atomic E-state index is 6.21. The summed E-state index contributed by atoms with van der Waals surface area (Å²) in [5, 5.41) is 10.2. The second kappa shape index (κ2) is 14.2. The summed E-state index contributed by atoms with van der Waals surface area (Å²) in [6.07, 6.45) is 16.4. The molecule has 0 unspecified atom stereocenters. The third-order valence-electron chi connectivity index (χ3n) is 9.46. The fraction of sp³-hybridized carbons (Fsp3) is 0.0417. The quantitative estimate of drug-likeness (QED) is 0.117. The lowest BCUT2D eigenvalue weighted by atomic mass is 9.84. The van der Waals surface area contributed by atoms with Crippen LogP contribution in [0.15, 0.2) is 170 Å². The fourth-order valence-corrected chi connectivity index (χ4v) is 12.3. The van der Waals surface area contributed by atoms with E-state index in [0.29, 0.717) is 0 Å². The van der Waals surface area contributed by atoms with Gasteiger partial charge in [-0.2, -0.15) is 0 Å². The second-order valence-electron chi connectivity index (χ2n) is 12.3. The van der Waals surface area contributed by atoms with Gasteiger partial charge in [0.15, 0.2) is 0 Å². The lowest BCUT2D eigenvalue weighted by molar-refractivity contribution is 0.985. The molecule has 0 bridgehead atoms. The largest absolute Gasteiger partial charge is 0.115 e. The lowest BCUT2D eigenvalue weighted by Gasteiger charge is -2.31. The van der Waals surface area contributed by atoms with Crippen molar-refractivity contribution in [3.63, 3.8) is 0 Å². The third kappa shape index (κ3) is 5.79. The van der Waals surface area contributed by atoms with Crippen LogP contribution in [0.5, 0.6) is 0 Å². The molecule has 0 N–H and O–H groups in total. The highest BCUT2D eigenvalue weighted by Crippen LogP contribution is 2.47. The van der Waals surface area contributed by atoms with E-state index >= 15 is 0 Å². The molecule has 1 aliphatic rings. The Morgan fingerprint density at radius 1 is 0.440 bits per heavy atom. The molecule has 0 aromatic heterocycles. The lowest BCUT2D eigenvalue weighted by Crippen LogP contribution is -2.27. The van der Waals surface area contributed by atoms with E-state index in [9.17, 15) is 0 Å². The molecule has 8 rings (SSSR count). The molecule has 0 saturated heterocycles. The van der Waals surface area contributed by atoms with Crippen molar-refractivity contribution in [2.75, 3.05) is 0 Å². The van der Waals surface area contributed by atoms with Gasteiger partial charge in [-0.1, -0.05) is 176 Å². The van der Waals surface area contributed by atoms with Crippen molar-refractivity contribution >= 4 is 64.0 Å². The van der Waals surface area contributed by atoms with E-state index in [1.54, 1.807) is 0 Å². The van der Waals surface area contributed by atoms with Crippen LogP contribution < -0.4 is 31.8 Å². The van der Waals surface area contributed by atoms with Gasteiger partial charge in [-0.15, -0.1) is 12.8 Å². The van der Waals surface area contributed by atoms with Gasteiger partial charge in [0.05, 0.1) is 0 Å². The average Bonchev–Trinajstić information content (AvgIpc) is 3.19. The molecule has 0 amide bonds. The fourth-order valence-electron chi connectivity index (χ4n) is 7.30. The first-order chi connectivity index (χ1) is 24.8. The molecule has 0 saturated carbocycles. The first-order valence-electron chi connectivity index (χ1n) is 16.9. The van der Waals surface area contributed by atoms with Crippen LogP contribution in [0.4, 0.5) is 0 Å². The van der Waals surface area contributed by atoms with Crippen molar-refractivity contribution in [2.45, 2.75) is 12.8 Å². The van der Waals surface area contributed by atoms with Crippen molar-refractivity contribution < 1.29 is 0 Å². The summed E-state index contributed by atoms with van der Waals surface area (Å²) in [7, 11) is -1.88. The molecule has 0 radical (unpaired) electrons. The highest BCUT2D eigenvalue weighted by molar-refractivity contribution is 7.80. The molecule has 0 nitrogen and oxygen atoms in total.